The van der Waals surface area contributed by atoms with Gasteiger partial charge in [0.15, 0.2) is 30.3 Å². The van der Waals surface area contributed by atoms with E-state index in [0.717, 1.165) is 0 Å². The van der Waals surface area contributed by atoms with Crippen molar-refractivity contribution in [1.82, 2.24) is 5.10 Å². The number of hydrogen-bond acceptors (Lipinski definition) is 4. The Kier molecular flexibility index (Phi) is 2.52. The summed E-state index contributed by atoms with van der Waals surface area (Å²) in [4.78, 5) is 0. The highest BCUT2D eigenvalue weighted by Crippen LogP contribution is 2.35. The number of methoxy groups -OCH3 is 2. The smallest absolute Gasteiger partial charge is 0.193 e. The SMILES string of the molecule is COc1ccc2c([O-])c[n+](C)nc2c1OC. The van der Waals surface area contributed by atoms with E-state index >= 15 is 0 Å². The molecule has 16 heavy (non-hydrogen) atoms. The molecule has 5 nitrogen and oxygen atoms in total. The summed E-state index contributed by atoms with van der Waals surface area (Å²) in [6.45, 7) is 0. The zero-order chi connectivity index (χ0) is 11.7. The molecule has 0 fully saturated rings. The second-order valence-corrected chi connectivity index (χ2v) is 3.36. The Morgan fingerprint density at radius 3 is 2.62 bits per heavy atom. The van der Waals surface area contributed by atoms with Crippen LogP contribution in [0.2, 0.25) is 0 Å². The molecule has 84 valence electrons. The Hall–Kier alpha value is -2.04. The van der Waals surface area contributed by atoms with Gasteiger partial charge in [-0.1, -0.05) is 4.68 Å². The lowest BCUT2D eigenvalue weighted by atomic mass is 10.2. The lowest BCUT2D eigenvalue weighted by Gasteiger charge is -2.11. The summed E-state index contributed by atoms with van der Waals surface area (Å²) >= 11 is 0. The topological polar surface area (TPSA) is 58.3 Å². The molecule has 0 saturated heterocycles. The molecule has 0 atom stereocenters. The van der Waals surface area contributed by atoms with Crippen LogP contribution >= 0.6 is 0 Å². The zero-order valence-corrected chi connectivity index (χ0v) is 9.35. The van der Waals surface area contributed by atoms with Gasteiger partial charge >= 0.3 is 0 Å². The highest BCUT2D eigenvalue weighted by molar-refractivity contribution is 5.90. The maximum absolute atomic E-state index is 11.7. The fourth-order valence-corrected chi connectivity index (χ4v) is 1.63. The number of ether oxygens (including phenoxy) is 2. The fourth-order valence-electron chi connectivity index (χ4n) is 1.63. The molecule has 1 aromatic heterocycles. The van der Waals surface area contributed by atoms with Gasteiger partial charge in [0.25, 0.3) is 0 Å². The van der Waals surface area contributed by atoms with E-state index < -0.39 is 0 Å². The predicted octanol–water partition coefficient (Wildman–Crippen LogP) is 0.150. The van der Waals surface area contributed by atoms with Gasteiger partial charge in [0.05, 0.1) is 14.2 Å². The molecule has 1 heterocycles. The summed E-state index contributed by atoms with van der Waals surface area (Å²) in [5.41, 5.74) is 0.511. The molecule has 2 rings (SSSR count). The van der Waals surface area contributed by atoms with E-state index in [-0.39, 0.29) is 5.75 Å². The van der Waals surface area contributed by atoms with Gasteiger partial charge in [0.2, 0.25) is 0 Å². The lowest BCUT2D eigenvalue weighted by molar-refractivity contribution is -0.730. The summed E-state index contributed by atoms with van der Waals surface area (Å²) in [5, 5.41) is 16.5. The first-order chi connectivity index (χ1) is 7.67. The average molecular weight is 220 g/mol. The maximum Gasteiger partial charge on any atom is 0.193 e. The van der Waals surface area contributed by atoms with Crippen LogP contribution in [-0.4, -0.2) is 19.3 Å². The molecule has 0 bridgehead atoms. The van der Waals surface area contributed by atoms with Gasteiger partial charge in [-0.15, -0.1) is 0 Å². The van der Waals surface area contributed by atoms with Crippen LogP contribution in [0.4, 0.5) is 0 Å². The van der Waals surface area contributed by atoms with E-state index in [9.17, 15) is 5.11 Å². The van der Waals surface area contributed by atoms with Crippen molar-refractivity contribution in [2.24, 2.45) is 7.05 Å². The zero-order valence-electron chi connectivity index (χ0n) is 9.35. The molecule has 5 heteroatoms. The lowest BCUT2D eigenvalue weighted by Crippen LogP contribution is -2.32. The summed E-state index contributed by atoms with van der Waals surface area (Å²) in [7, 11) is 4.76. The van der Waals surface area contributed by atoms with Crippen molar-refractivity contribution < 1.29 is 19.3 Å². The monoisotopic (exact) mass is 220 g/mol. The maximum atomic E-state index is 11.7. The van der Waals surface area contributed by atoms with Crippen LogP contribution in [0.15, 0.2) is 18.3 Å². The van der Waals surface area contributed by atoms with Crippen LogP contribution in [0.25, 0.3) is 10.9 Å². The second-order valence-electron chi connectivity index (χ2n) is 3.36. The molecule has 0 unspecified atom stereocenters. The normalized spacial score (nSPS) is 10.4. The standard InChI is InChI=1S/C11H12N2O3/c1-13-6-8(14)7-4-5-9(15-2)11(16-3)10(7)12-13/h4-6H,1-3H3. The summed E-state index contributed by atoms with van der Waals surface area (Å²) in [6, 6.07) is 3.39. The van der Waals surface area contributed by atoms with Crippen LogP contribution in [-0.2, 0) is 7.05 Å². The third-order valence-corrected chi connectivity index (χ3v) is 2.35. The number of fused-ring (bicyclic) bond motifs is 1. The van der Waals surface area contributed by atoms with E-state index in [0.29, 0.717) is 22.4 Å². The van der Waals surface area contributed by atoms with Gasteiger partial charge in [0, 0.05) is 10.5 Å². The summed E-state index contributed by atoms with van der Waals surface area (Å²) < 4.78 is 11.8. The Morgan fingerprint density at radius 2 is 2.00 bits per heavy atom. The highest BCUT2D eigenvalue weighted by atomic mass is 16.5. The Bertz CT molecular complexity index is 540. The molecule has 1 aromatic carbocycles. The van der Waals surface area contributed by atoms with Crippen molar-refractivity contribution in [3.8, 4) is 17.2 Å². The number of nitrogens with zero attached hydrogens (tertiary/aromatic N) is 2. The third-order valence-electron chi connectivity index (χ3n) is 2.35. The molecule has 0 N–H and O–H groups in total. The van der Waals surface area contributed by atoms with E-state index in [1.54, 1.807) is 26.3 Å². The number of hydrogen-bond donors (Lipinski definition) is 0. The first-order valence-corrected chi connectivity index (χ1v) is 4.76. The predicted molar refractivity (Wildman–Crippen MR) is 55.5 cm³/mol. The largest absolute Gasteiger partial charge is 0.868 e. The minimum absolute atomic E-state index is 0.0894. The quantitative estimate of drug-likeness (QED) is 0.676. The molecule has 0 amide bonds. The molecular formula is C11H12N2O3. The number of aromatic nitrogens is 2. The average Bonchev–Trinajstić information content (AvgIpc) is 2.27. The Morgan fingerprint density at radius 1 is 1.25 bits per heavy atom. The second kappa shape index (κ2) is 3.84. The first-order valence-electron chi connectivity index (χ1n) is 4.76. The Balaban J connectivity index is 2.86. The van der Waals surface area contributed by atoms with Crippen LogP contribution < -0.4 is 19.3 Å². The third kappa shape index (κ3) is 1.50. The van der Waals surface area contributed by atoms with Crippen molar-refractivity contribution >= 4 is 10.9 Å². The molecule has 0 aliphatic heterocycles. The van der Waals surface area contributed by atoms with Crippen molar-refractivity contribution in [2.75, 3.05) is 14.2 Å². The van der Waals surface area contributed by atoms with Crippen LogP contribution in [0, 0.1) is 0 Å². The molecule has 2 aromatic rings. The van der Waals surface area contributed by atoms with Gasteiger partial charge in [-0.25, -0.2) is 0 Å². The number of rotatable bonds is 2. The highest BCUT2D eigenvalue weighted by Gasteiger charge is 2.13. The van der Waals surface area contributed by atoms with E-state index in [4.69, 9.17) is 9.47 Å². The van der Waals surface area contributed by atoms with Crippen molar-refractivity contribution in [1.29, 1.82) is 0 Å². The molecule has 0 aliphatic carbocycles. The van der Waals surface area contributed by atoms with Gasteiger partial charge in [-0.2, -0.15) is 0 Å². The van der Waals surface area contributed by atoms with E-state index in [2.05, 4.69) is 5.10 Å². The van der Waals surface area contributed by atoms with E-state index in [1.807, 2.05) is 0 Å². The number of benzene rings is 1. The van der Waals surface area contributed by atoms with Crippen molar-refractivity contribution in [3.63, 3.8) is 0 Å². The molecule has 0 aliphatic rings. The van der Waals surface area contributed by atoms with Gasteiger partial charge < -0.3 is 14.6 Å². The van der Waals surface area contributed by atoms with Crippen LogP contribution in [0.5, 0.6) is 17.2 Å². The van der Waals surface area contributed by atoms with Crippen LogP contribution in [0.3, 0.4) is 0 Å². The van der Waals surface area contributed by atoms with Crippen LogP contribution in [0.1, 0.15) is 0 Å². The molecular weight excluding hydrogens is 208 g/mol. The number of aryl methyl sites for hydroxylation is 1. The summed E-state index contributed by atoms with van der Waals surface area (Å²) in [6.07, 6.45) is 1.42. The van der Waals surface area contributed by atoms with Gasteiger partial charge in [-0.05, 0) is 17.9 Å². The van der Waals surface area contributed by atoms with Crippen molar-refractivity contribution in [2.45, 2.75) is 0 Å². The Labute approximate surface area is 92.8 Å². The fraction of sp³-hybridized carbons (Fsp3) is 0.273. The summed E-state index contributed by atoms with van der Waals surface area (Å²) in [5.74, 6) is 0.954. The molecule has 0 radical (unpaired) electrons. The first kappa shape index (κ1) is 10.5. The minimum Gasteiger partial charge on any atom is -0.868 e. The van der Waals surface area contributed by atoms with Crippen molar-refractivity contribution in [3.05, 3.63) is 18.3 Å². The van der Waals surface area contributed by atoms with Gasteiger partial charge in [-0.3, -0.25) is 0 Å². The molecule has 0 spiro atoms. The van der Waals surface area contributed by atoms with E-state index in [1.165, 1.54) is 18.0 Å². The molecule has 0 saturated carbocycles. The van der Waals surface area contributed by atoms with Gasteiger partial charge in [0.1, 0.15) is 0 Å². The minimum atomic E-state index is -0.0894.